The van der Waals surface area contributed by atoms with Crippen LogP contribution in [-0.4, -0.2) is 21.7 Å². The van der Waals surface area contributed by atoms with E-state index in [-0.39, 0.29) is 17.3 Å². The third-order valence-corrected chi connectivity index (χ3v) is 3.41. The Hall–Kier alpha value is -2.08. The van der Waals surface area contributed by atoms with Gasteiger partial charge in [0.15, 0.2) is 5.69 Å². The monoisotopic (exact) mass is 312 g/mol. The van der Waals surface area contributed by atoms with Gasteiger partial charge in [0.1, 0.15) is 5.82 Å². The zero-order valence-electron chi connectivity index (χ0n) is 11.8. The van der Waals surface area contributed by atoms with Crippen molar-refractivity contribution in [3.05, 3.63) is 50.9 Å². The van der Waals surface area contributed by atoms with Crippen molar-refractivity contribution in [1.29, 1.82) is 0 Å². The molecule has 5 nitrogen and oxygen atoms in total. The Kier molecular flexibility index (Phi) is 4.18. The maximum atomic E-state index is 13.2. The van der Waals surface area contributed by atoms with E-state index in [9.17, 15) is 14.0 Å². The van der Waals surface area contributed by atoms with Gasteiger partial charge in [-0.3, -0.25) is 9.13 Å². The molecule has 0 amide bonds. The summed E-state index contributed by atoms with van der Waals surface area (Å²) in [5, 5.41) is -0.0969. The summed E-state index contributed by atoms with van der Waals surface area (Å²) >= 11 is 5.74. The van der Waals surface area contributed by atoms with E-state index in [0.29, 0.717) is 11.4 Å². The Morgan fingerprint density at radius 2 is 2.10 bits per heavy atom. The molecule has 0 aliphatic heterocycles. The average molecular weight is 313 g/mol. The highest BCUT2D eigenvalue weighted by Crippen LogP contribution is 2.20. The molecule has 21 heavy (non-hydrogen) atoms. The van der Waals surface area contributed by atoms with Gasteiger partial charge in [-0.15, -0.1) is 0 Å². The van der Waals surface area contributed by atoms with E-state index < -0.39 is 17.5 Å². The van der Waals surface area contributed by atoms with Crippen LogP contribution in [0.25, 0.3) is 5.69 Å². The van der Waals surface area contributed by atoms with E-state index in [1.165, 1.54) is 34.4 Å². The van der Waals surface area contributed by atoms with Gasteiger partial charge in [-0.25, -0.2) is 14.0 Å². The Morgan fingerprint density at radius 3 is 2.67 bits per heavy atom. The van der Waals surface area contributed by atoms with Crippen LogP contribution >= 0.6 is 11.6 Å². The number of benzene rings is 1. The van der Waals surface area contributed by atoms with Gasteiger partial charge < -0.3 is 4.74 Å². The maximum absolute atomic E-state index is 13.2. The van der Waals surface area contributed by atoms with E-state index in [4.69, 9.17) is 16.3 Å². The zero-order valence-corrected chi connectivity index (χ0v) is 12.6. The third kappa shape index (κ3) is 2.58. The van der Waals surface area contributed by atoms with Crippen LogP contribution in [0.4, 0.5) is 4.39 Å². The van der Waals surface area contributed by atoms with E-state index in [1.54, 1.807) is 13.8 Å². The van der Waals surface area contributed by atoms with Crippen molar-refractivity contribution < 1.29 is 13.9 Å². The molecular weight excluding hydrogens is 299 g/mol. The predicted molar refractivity (Wildman–Crippen MR) is 76.7 cm³/mol. The fourth-order valence-electron chi connectivity index (χ4n) is 2.15. The van der Waals surface area contributed by atoms with Crippen LogP contribution in [0.5, 0.6) is 0 Å². The second-order valence-electron chi connectivity index (χ2n) is 4.43. The first kappa shape index (κ1) is 15.3. The van der Waals surface area contributed by atoms with E-state index in [1.807, 2.05) is 0 Å². The molecule has 2 aromatic rings. The molecule has 0 bridgehead atoms. The lowest BCUT2D eigenvalue weighted by atomic mass is 10.3. The van der Waals surface area contributed by atoms with Gasteiger partial charge in [0.2, 0.25) is 0 Å². The molecule has 0 atom stereocenters. The number of nitrogens with zero attached hydrogens (tertiary/aromatic N) is 2. The number of hydrogen-bond acceptors (Lipinski definition) is 3. The fraction of sp³-hybridized carbons (Fsp3) is 0.286. The summed E-state index contributed by atoms with van der Waals surface area (Å²) in [6, 6.07) is 3.92. The van der Waals surface area contributed by atoms with Crippen molar-refractivity contribution in [2.24, 2.45) is 7.05 Å². The summed E-state index contributed by atoms with van der Waals surface area (Å²) in [4.78, 5) is 24.2. The van der Waals surface area contributed by atoms with Gasteiger partial charge in [-0.05, 0) is 32.0 Å². The number of halogens is 2. The summed E-state index contributed by atoms with van der Waals surface area (Å²) in [5.41, 5.74) is 0.513. The van der Waals surface area contributed by atoms with Gasteiger partial charge in [-0.2, -0.15) is 0 Å². The second kappa shape index (κ2) is 5.73. The number of rotatable bonds is 3. The lowest BCUT2D eigenvalue weighted by Gasteiger charge is -2.06. The molecular formula is C14H14ClFN2O3. The van der Waals surface area contributed by atoms with Crippen molar-refractivity contribution in [2.75, 3.05) is 6.61 Å². The molecule has 0 aliphatic carbocycles. The topological polar surface area (TPSA) is 53.2 Å². The standard InChI is InChI=1S/C14H14ClFN2O3/c1-4-21-13(19)12-8(2)18(14(20)17(12)3)9-5-6-11(16)10(15)7-9/h5-7H,4H2,1-3H3. The van der Waals surface area contributed by atoms with Gasteiger partial charge in [0, 0.05) is 7.05 Å². The lowest BCUT2D eigenvalue weighted by Crippen LogP contribution is -2.23. The zero-order chi connectivity index (χ0) is 15.7. The highest BCUT2D eigenvalue weighted by molar-refractivity contribution is 6.30. The number of aromatic nitrogens is 2. The van der Waals surface area contributed by atoms with Crippen LogP contribution in [0.1, 0.15) is 23.1 Å². The van der Waals surface area contributed by atoms with Gasteiger partial charge >= 0.3 is 11.7 Å². The first-order valence-corrected chi connectivity index (χ1v) is 6.67. The summed E-state index contributed by atoms with van der Waals surface area (Å²) in [6.07, 6.45) is 0. The first-order valence-electron chi connectivity index (χ1n) is 6.29. The number of hydrogen-bond donors (Lipinski definition) is 0. The lowest BCUT2D eigenvalue weighted by molar-refractivity contribution is 0.0514. The maximum Gasteiger partial charge on any atom is 0.356 e. The fourth-order valence-corrected chi connectivity index (χ4v) is 2.32. The highest BCUT2D eigenvalue weighted by atomic mass is 35.5. The third-order valence-electron chi connectivity index (χ3n) is 3.12. The molecule has 0 saturated carbocycles. The van der Waals surface area contributed by atoms with Crippen molar-refractivity contribution in [3.63, 3.8) is 0 Å². The van der Waals surface area contributed by atoms with Gasteiger partial charge in [0.05, 0.1) is 23.0 Å². The van der Waals surface area contributed by atoms with E-state index in [2.05, 4.69) is 0 Å². The SMILES string of the molecule is CCOC(=O)c1c(C)n(-c2ccc(F)c(Cl)c2)c(=O)n1C. The van der Waals surface area contributed by atoms with Crippen LogP contribution in [0.2, 0.25) is 5.02 Å². The number of imidazole rings is 1. The first-order chi connectivity index (χ1) is 9.88. The molecule has 0 unspecified atom stereocenters. The molecule has 112 valence electrons. The Balaban J connectivity index is 2.65. The van der Waals surface area contributed by atoms with E-state index in [0.717, 1.165) is 0 Å². The van der Waals surface area contributed by atoms with Crippen LogP contribution in [-0.2, 0) is 11.8 Å². The number of carbonyl (C=O) groups is 1. The minimum atomic E-state index is -0.582. The molecule has 1 heterocycles. The summed E-state index contributed by atoms with van der Waals surface area (Å²) < 4.78 is 20.7. The molecule has 0 fully saturated rings. The molecule has 2 rings (SSSR count). The number of carbonyl (C=O) groups excluding carboxylic acids is 1. The molecule has 0 spiro atoms. The van der Waals surface area contributed by atoms with Crippen LogP contribution in [0.3, 0.4) is 0 Å². The van der Waals surface area contributed by atoms with Crippen molar-refractivity contribution in [1.82, 2.24) is 9.13 Å². The summed E-state index contributed by atoms with van der Waals surface area (Å²) in [5.74, 6) is -1.16. The highest BCUT2D eigenvalue weighted by Gasteiger charge is 2.22. The molecule has 1 aromatic heterocycles. The van der Waals surface area contributed by atoms with Crippen LogP contribution in [0.15, 0.2) is 23.0 Å². The average Bonchev–Trinajstić information content (AvgIpc) is 2.64. The minimum Gasteiger partial charge on any atom is -0.461 e. The largest absolute Gasteiger partial charge is 0.461 e. The quantitative estimate of drug-likeness (QED) is 0.818. The number of esters is 1. The molecule has 7 heteroatoms. The second-order valence-corrected chi connectivity index (χ2v) is 4.84. The number of ether oxygens (including phenoxy) is 1. The summed E-state index contributed by atoms with van der Waals surface area (Å²) in [7, 11) is 1.48. The van der Waals surface area contributed by atoms with Crippen LogP contribution < -0.4 is 5.69 Å². The molecule has 0 N–H and O–H groups in total. The smallest absolute Gasteiger partial charge is 0.356 e. The summed E-state index contributed by atoms with van der Waals surface area (Å²) in [6.45, 7) is 3.51. The minimum absolute atomic E-state index is 0.0969. The van der Waals surface area contributed by atoms with Crippen LogP contribution in [0, 0.1) is 12.7 Å². The normalized spacial score (nSPS) is 10.7. The van der Waals surface area contributed by atoms with Gasteiger partial charge in [0.25, 0.3) is 0 Å². The van der Waals surface area contributed by atoms with Crippen molar-refractivity contribution in [3.8, 4) is 5.69 Å². The molecule has 0 radical (unpaired) electrons. The van der Waals surface area contributed by atoms with Gasteiger partial charge in [-0.1, -0.05) is 11.6 Å². The van der Waals surface area contributed by atoms with Crippen molar-refractivity contribution in [2.45, 2.75) is 13.8 Å². The Bertz CT molecular complexity index is 764. The molecule has 0 saturated heterocycles. The molecule has 0 aliphatic rings. The Labute approximate surface area is 125 Å². The Morgan fingerprint density at radius 1 is 1.43 bits per heavy atom. The predicted octanol–water partition coefficient (Wildman–Crippen LogP) is 2.45. The van der Waals surface area contributed by atoms with Crippen molar-refractivity contribution >= 4 is 17.6 Å². The van der Waals surface area contributed by atoms with E-state index >= 15 is 0 Å². The molecule has 1 aromatic carbocycles.